The molecular formula is C16H27ClSi. The lowest BCUT2D eigenvalue weighted by atomic mass is 9.81. The van der Waals surface area contributed by atoms with Crippen LogP contribution in [0.2, 0.25) is 13.1 Å². The van der Waals surface area contributed by atoms with Gasteiger partial charge in [0.1, 0.15) is 0 Å². The quantitative estimate of drug-likeness (QED) is 0.506. The predicted octanol–water partition coefficient (Wildman–Crippen LogP) is 4.93. The maximum atomic E-state index is 6.64. The molecule has 1 aromatic carbocycles. The summed E-state index contributed by atoms with van der Waals surface area (Å²) in [6, 6.07) is 6.98. The van der Waals surface area contributed by atoms with Crippen LogP contribution < -0.4 is 5.19 Å². The molecule has 0 aromatic heterocycles. The Kier molecular flexibility index (Phi) is 4.11. The van der Waals surface area contributed by atoms with Crippen molar-refractivity contribution >= 4 is 23.6 Å². The molecule has 0 atom stereocenters. The minimum absolute atomic E-state index is 0.173. The van der Waals surface area contributed by atoms with E-state index in [0.717, 1.165) is 0 Å². The van der Waals surface area contributed by atoms with E-state index in [4.69, 9.17) is 11.1 Å². The van der Waals surface area contributed by atoms with Gasteiger partial charge in [0.05, 0.1) is 0 Å². The first kappa shape index (κ1) is 15.8. The summed E-state index contributed by atoms with van der Waals surface area (Å²) in [5, 5.41) is 1.35. The molecule has 1 rings (SSSR count). The fourth-order valence-electron chi connectivity index (χ4n) is 1.84. The van der Waals surface area contributed by atoms with Crippen molar-refractivity contribution in [1.29, 1.82) is 0 Å². The van der Waals surface area contributed by atoms with E-state index in [1.165, 1.54) is 16.3 Å². The second-order valence-corrected chi connectivity index (χ2v) is 14.1. The van der Waals surface area contributed by atoms with Gasteiger partial charge in [-0.05, 0) is 27.1 Å². The minimum atomic E-state index is -1.78. The van der Waals surface area contributed by atoms with Gasteiger partial charge < -0.3 is 0 Å². The van der Waals surface area contributed by atoms with Crippen LogP contribution in [0.4, 0.5) is 0 Å². The standard InChI is InChI=1S/C16H27ClSi/c1-15(2,3)12-9-13(16(4,5)6)11-14(10-12)18(7,8)17/h9-11H,1-8H3. The van der Waals surface area contributed by atoms with Crippen LogP contribution in [0.5, 0.6) is 0 Å². The average Bonchev–Trinajstić information content (AvgIpc) is 2.13. The Balaban J connectivity index is 3.49. The fourth-order valence-corrected chi connectivity index (χ4v) is 3.16. The molecule has 0 aliphatic heterocycles. The molecule has 102 valence electrons. The van der Waals surface area contributed by atoms with Gasteiger partial charge in [-0.1, -0.05) is 72.8 Å². The molecule has 0 saturated heterocycles. The lowest BCUT2D eigenvalue weighted by molar-refractivity contribution is 0.569. The van der Waals surface area contributed by atoms with Gasteiger partial charge in [0.25, 0.3) is 0 Å². The third kappa shape index (κ3) is 3.86. The van der Waals surface area contributed by atoms with E-state index in [0.29, 0.717) is 0 Å². The molecule has 0 saturated carbocycles. The maximum absolute atomic E-state index is 6.64. The number of rotatable bonds is 1. The van der Waals surface area contributed by atoms with Gasteiger partial charge in [0.15, 0.2) is 7.38 Å². The zero-order valence-electron chi connectivity index (χ0n) is 13.1. The number of hydrogen-bond acceptors (Lipinski definition) is 0. The van der Waals surface area contributed by atoms with Crippen molar-refractivity contribution in [3.05, 3.63) is 29.3 Å². The molecule has 2 heteroatoms. The van der Waals surface area contributed by atoms with Crippen LogP contribution in [0, 0.1) is 0 Å². The Labute approximate surface area is 118 Å². The smallest absolute Gasteiger partial charge is 0.162 e. The normalized spacial score (nSPS) is 13.8. The van der Waals surface area contributed by atoms with Gasteiger partial charge in [0.2, 0.25) is 0 Å². The van der Waals surface area contributed by atoms with E-state index in [1.807, 2.05) is 0 Å². The Hall–Kier alpha value is -0.273. The summed E-state index contributed by atoms with van der Waals surface area (Å²) >= 11 is 6.64. The van der Waals surface area contributed by atoms with Crippen LogP contribution in [0.1, 0.15) is 52.7 Å². The van der Waals surface area contributed by atoms with Gasteiger partial charge in [0, 0.05) is 0 Å². The van der Waals surface area contributed by atoms with Crippen LogP contribution in [0.3, 0.4) is 0 Å². The summed E-state index contributed by atoms with van der Waals surface area (Å²) in [6.07, 6.45) is 0. The largest absolute Gasteiger partial charge is 0.180 e. The molecule has 0 fully saturated rings. The summed E-state index contributed by atoms with van der Waals surface area (Å²) in [4.78, 5) is 0. The molecule has 0 nitrogen and oxygen atoms in total. The van der Waals surface area contributed by atoms with Gasteiger partial charge in [-0.2, -0.15) is 11.1 Å². The monoisotopic (exact) mass is 282 g/mol. The van der Waals surface area contributed by atoms with E-state index >= 15 is 0 Å². The van der Waals surface area contributed by atoms with Gasteiger partial charge in [-0.25, -0.2) is 0 Å². The highest BCUT2D eigenvalue weighted by molar-refractivity contribution is 7.26. The molecule has 0 bridgehead atoms. The molecule has 0 amide bonds. The molecule has 0 aliphatic rings. The summed E-state index contributed by atoms with van der Waals surface area (Å²) in [5.41, 5.74) is 3.14. The first-order chi connectivity index (χ1) is 7.82. The van der Waals surface area contributed by atoms with Crippen LogP contribution in [0.15, 0.2) is 18.2 Å². The van der Waals surface area contributed by atoms with E-state index in [-0.39, 0.29) is 10.8 Å². The zero-order chi connectivity index (χ0) is 14.4. The second-order valence-electron chi connectivity index (χ2n) is 7.77. The second kappa shape index (κ2) is 4.68. The molecule has 0 radical (unpaired) electrons. The highest BCUT2D eigenvalue weighted by Gasteiger charge is 2.26. The van der Waals surface area contributed by atoms with Crippen LogP contribution >= 0.6 is 11.1 Å². The minimum Gasteiger partial charge on any atom is -0.162 e. The topological polar surface area (TPSA) is 0 Å². The molecule has 18 heavy (non-hydrogen) atoms. The fraction of sp³-hybridized carbons (Fsp3) is 0.625. The van der Waals surface area contributed by atoms with Crippen molar-refractivity contribution in [2.45, 2.75) is 65.5 Å². The zero-order valence-corrected chi connectivity index (χ0v) is 14.9. The number of hydrogen-bond donors (Lipinski definition) is 0. The first-order valence-electron chi connectivity index (χ1n) is 6.67. The molecule has 0 heterocycles. The molecule has 1 aromatic rings. The number of halogens is 1. The summed E-state index contributed by atoms with van der Waals surface area (Å²) < 4.78 is 0. The van der Waals surface area contributed by atoms with Crippen molar-refractivity contribution in [2.24, 2.45) is 0 Å². The third-order valence-corrected chi connectivity index (χ3v) is 5.67. The SMILES string of the molecule is CC(C)(C)c1cc(C(C)(C)C)cc([Si](C)(C)Cl)c1. The highest BCUT2D eigenvalue weighted by Crippen LogP contribution is 2.29. The average molecular weight is 283 g/mol. The summed E-state index contributed by atoms with van der Waals surface area (Å²) in [7, 11) is -1.78. The molecule has 0 N–H and O–H groups in total. The van der Waals surface area contributed by atoms with Crippen molar-refractivity contribution < 1.29 is 0 Å². The molecule has 0 aliphatic carbocycles. The Morgan fingerprint density at radius 1 is 0.778 bits per heavy atom. The van der Waals surface area contributed by atoms with E-state index in [1.54, 1.807) is 0 Å². The van der Waals surface area contributed by atoms with Crippen molar-refractivity contribution in [2.75, 3.05) is 0 Å². The Morgan fingerprint density at radius 3 is 1.33 bits per heavy atom. The lowest BCUT2D eigenvalue weighted by Crippen LogP contribution is -2.37. The molecule has 0 spiro atoms. The van der Waals surface area contributed by atoms with Crippen molar-refractivity contribution in [3.63, 3.8) is 0 Å². The molecule has 0 unspecified atom stereocenters. The van der Waals surface area contributed by atoms with Crippen molar-refractivity contribution in [1.82, 2.24) is 0 Å². The predicted molar refractivity (Wildman–Crippen MR) is 86.8 cm³/mol. The van der Waals surface area contributed by atoms with Crippen molar-refractivity contribution in [3.8, 4) is 0 Å². The summed E-state index contributed by atoms with van der Waals surface area (Å²) in [5.74, 6) is 0. The summed E-state index contributed by atoms with van der Waals surface area (Å²) in [6.45, 7) is 18.0. The van der Waals surface area contributed by atoms with E-state index in [2.05, 4.69) is 72.8 Å². The Morgan fingerprint density at radius 2 is 1.11 bits per heavy atom. The van der Waals surface area contributed by atoms with Gasteiger partial charge >= 0.3 is 0 Å². The van der Waals surface area contributed by atoms with E-state index in [9.17, 15) is 0 Å². The van der Waals surface area contributed by atoms with Gasteiger partial charge in [-0.3, -0.25) is 0 Å². The first-order valence-corrected chi connectivity index (χ1v) is 10.7. The van der Waals surface area contributed by atoms with Gasteiger partial charge in [-0.15, -0.1) is 0 Å². The number of benzene rings is 1. The molecular weight excluding hydrogens is 256 g/mol. The Bertz CT molecular complexity index is 349. The third-order valence-electron chi connectivity index (χ3n) is 3.35. The highest BCUT2D eigenvalue weighted by atomic mass is 35.6. The lowest BCUT2D eigenvalue weighted by Gasteiger charge is -2.28. The van der Waals surface area contributed by atoms with E-state index < -0.39 is 7.38 Å². The maximum Gasteiger partial charge on any atom is 0.180 e. The van der Waals surface area contributed by atoms with Crippen LogP contribution in [-0.4, -0.2) is 7.38 Å². The van der Waals surface area contributed by atoms with Crippen LogP contribution in [0.25, 0.3) is 0 Å². The van der Waals surface area contributed by atoms with Crippen LogP contribution in [-0.2, 0) is 10.8 Å².